The molecule has 0 fully saturated rings. The van der Waals surface area contributed by atoms with Crippen LogP contribution in [-0.2, 0) is 9.53 Å². The van der Waals surface area contributed by atoms with Crippen molar-refractivity contribution in [3.8, 4) is 6.07 Å². The minimum absolute atomic E-state index is 0.118. The molecule has 14 heavy (non-hydrogen) atoms. The number of carbonyl (C=O) groups is 1. The zero-order valence-electron chi connectivity index (χ0n) is 7.65. The molecule has 0 atom stereocenters. The first-order valence-electron chi connectivity index (χ1n) is 4.06. The van der Waals surface area contributed by atoms with E-state index in [0.29, 0.717) is 0 Å². The van der Waals surface area contributed by atoms with Crippen LogP contribution in [0.25, 0.3) is 0 Å². The number of nitriles is 1. The fraction of sp³-hybridized carbons (Fsp3) is 0.222. The standard InChI is InChI=1S/C9H9N3O2/c1-2-14-9(13)7(6-10)8-11-4-3-5-12-8/h3-5,11H,2H2,1H3/b8-7+. The molecule has 5 heteroatoms. The second kappa shape index (κ2) is 4.82. The first-order valence-corrected chi connectivity index (χ1v) is 4.06. The van der Waals surface area contributed by atoms with Gasteiger partial charge in [-0.15, -0.1) is 0 Å². The van der Waals surface area contributed by atoms with Gasteiger partial charge in [-0.2, -0.15) is 5.26 Å². The third-order valence-electron chi connectivity index (χ3n) is 1.43. The Labute approximate surface area is 81.4 Å². The third kappa shape index (κ3) is 2.20. The van der Waals surface area contributed by atoms with Gasteiger partial charge in [-0.25, -0.2) is 9.79 Å². The molecular weight excluding hydrogens is 182 g/mol. The minimum atomic E-state index is -0.662. The van der Waals surface area contributed by atoms with Gasteiger partial charge in [0.25, 0.3) is 0 Å². The van der Waals surface area contributed by atoms with Crippen molar-refractivity contribution in [2.24, 2.45) is 4.99 Å². The van der Waals surface area contributed by atoms with Crippen LogP contribution in [0.4, 0.5) is 0 Å². The molecule has 0 unspecified atom stereocenters. The predicted molar refractivity (Wildman–Crippen MR) is 50.0 cm³/mol. The lowest BCUT2D eigenvalue weighted by Gasteiger charge is -2.06. The number of rotatable bonds is 2. The number of aliphatic imine (C=N–C) groups is 1. The molecule has 1 N–H and O–H groups in total. The SMILES string of the molecule is CCOC(=O)/C(C#N)=C1/N=CC=CN1. The number of hydrogen-bond acceptors (Lipinski definition) is 5. The van der Waals surface area contributed by atoms with Crippen LogP contribution in [0.15, 0.2) is 28.7 Å². The molecular formula is C9H9N3O2. The van der Waals surface area contributed by atoms with Crippen LogP contribution in [0.1, 0.15) is 6.92 Å². The van der Waals surface area contributed by atoms with Gasteiger partial charge in [0.1, 0.15) is 6.07 Å². The summed E-state index contributed by atoms with van der Waals surface area (Å²) in [7, 11) is 0. The molecule has 0 bridgehead atoms. The summed E-state index contributed by atoms with van der Waals surface area (Å²) in [5.41, 5.74) is -0.118. The van der Waals surface area contributed by atoms with Crippen molar-refractivity contribution in [1.82, 2.24) is 5.32 Å². The Kier molecular flexibility index (Phi) is 3.44. The van der Waals surface area contributed by atoms with Crippen molar-refractivity contribution in [1.29, 1.82) is 5.26 Å². The van der Waals surface area contributed by atoms with Crippen molar-refractivity contribution in [2.45, 2.75) is 6.92 Å². The van der Waals surface area contributed by atoms with E-state index in [1.165, 1.54) is 6.21 Å². The molecule has 0 aliphatic carbocycles. The summed E-state index contributed by atoms with van der Waals surface area (Å²) in [6, 6.07) is 1.75. The van der Waals surface area contributed by atoms with Gasteiger partial charge in [0, 0.05) is 12.4 Å². The molecule has 0 radical (unpaired) electrons. The average Bonchev–Trinajstić information content (AvgIpc) is 2.21. The molecule has 0 saturated heterocycles. The highest BCUT2D eigenvalue weighted by Crippen LogP contribution is 2.06. The Morgan fingerprint density at radius 3 is 3.07 bits per heavy atom. The summed E-state index contributed by atoms with van der Waals surface area (Å²) >= 11 is 0. The monoisotopic (exact) mass is 191 g/mol. The molecule has 0 spiro atoms. The highest BCUT2D eigenvalue weighted by Gasteiger charge is 2.16. The molecule has 1 rings (SSSR count). The largest absolute Gasteiger partial charge is 0.462 e. The highest BCUT2D eigenvalue weighted by molar-refractivity contribution is 5.94. The van der Waals surface area contributed by atoms with Crippen LogP contribution in [0.3, 0.4) is 0 Å². The molecule has 0 saturated carbocycles. The predicted octanol–water partition coefficient (Wildman–Crippen LogP) is 0.472. The third-order valence-corrected chi connectivity index (χ3v) is 1.43. The highest BCUT2D eigenvalue weighted by atomic mass is 16.5. The normalized spacial score (nSPS) is 16.9. The van der Waals surface area contributed by atoms with Crippen molar-refractivity contribution in [3.63, 3.8) is 0 Å². The van der Waals surface area contributed by atoms with Gasteiger partial charge in [-0.05, 0) is 13.0 Å². The number of nitrogens with zero attached hydrogens (tertiary/aromatic N) is 2. The molecule has 5 nitrogen and oxygen atoms in total. The van der Waals surface area contributed by atoms with Crippen LogP contribution < -0.4 is 5.32 Å². The molecule has 1 aliphatic rings. The number of allylic oxidation sites excluding steroid dienone is 1. The van der Waals surface area contributed by atoms with Crippen molar-refractivity contribution in [2.75, 3.05) is 6.61 Å². The summed E-state index contributed by atoms with van der Waals surface area (Å²) in [4.78, 5) is 15.1. The lowest BCUT2D eigenvalue weighted by atomic mass is 10.3. The molecule has 72 valence electrons. The molecule has 0 aromatic heterocycles. The number of ether oxygens (including phenoxy) is 1. The number of nitrogens with one attached hydrogen (secondary N) is 1. The van der Waals surface area contributed by atoms with E-state index < -0.39 is 5.97 Å². The quantitative estimate of drug-likeness (QED) is 0.391. The molecule has 0 amide bonds. The van der Waals surface area contributed by atoms with Gasteiger partial charge in [0.05, 0.1) is 6.61 Å². The summed E-state index contributed by atoms with van der Waals surface area (Å²) in [6.07, 6.45) is 4.73. The van der Waals surface area contributed by atoms with Gasteiger partial charge in [-0.1, -0.05) is 0 Å². The maximum absolute atomic E-state index is 11.2. The van der Waals surface area contributed by atoms with Gasteiger partial charge in [0.15, 0.2) is 11.4 Å². The lowest BCUT2D eigenvalue weighted by molar-refractivity contribution is -0.138. The number of hydrogen-bond donors (Lipinski definition) is 1. The number of carbonyl (C=O) groups excluding carboxylic acids is 1. The van der Waals surface area contributed by atoms with Gasteiger partial charge < -0.3 is 10.1 Å². The van der Waals surface area contributed by atoms with E-state index in [1.807, 2.05) is 0 Å². The summed E-state index contributed by atoms with van der Waals surface area (Å²) < 4.78 is 4.69. The van der Waals surface area contributed by atoms with Crippen molar-refractivity contribution >= 4 is 12.2 Å². The summed E-state index contributed by atoms with van der Waals surface area (Å²) in [5, 5.41) is 11.4. The van der Waals surface area contributed by atoms with Crippen LogP contribution in [-0.4, -0.2) is 18.8 Å². The second-order valence-corrected chi connectivity index (χ2v) is 2.34. The zero-order valence-corrected chi connectivity index (χ0v) is 7.65. The van der Waals surface area contributed by atoms with Gasteiger partial charge in [0.2, 0.25) is 0 Å². The van der Waals surface area contributed by atoms with Crippen LogP contribution in [0.5, 0.6) is 0 Å². The zero-order chi connectivity index (χ0) is 10.4. The van der Waals surface area contributed by atoms with E-state index in [1.54, 1.807) is 25.3 Å². The van der Waals surface area contributed by atoms with Crippen molar-refractivity contribution in [3.05, 3.63) is 23.7 Å². The van der Waals surface area contributed by atoms with E-state index in [0.717, 1.165) is 0 Å². The van der Waals surface area contributed by atoms with Crippen LogP contribution in [0, 0.1) is 11.3 Å². The van der Waals surface area contributed by atoms with E-state index in [9.17, 15) is 4.79 Å². The maximum Gasteiger partial charge on any atom is 0.352 e. The molecule has 1 heterocycles. The summed E-state index contributed by atoms with van der Waals surface area (Å²) in [6.45, 7) is 1.91. The molecule has 1 aliphatic heterocycles. The van der Waals surface area contributed by atoms with E-state index in [2.05, 4.69) is 10.3 Å². The first-order chi connectivity index (χ1) is 6.79. The minimum Gasteiger partial charge on any atom is -0.462 e. The van der Waals surface area contributed by atoms with Crippen molar-refractivity contribution < 1.29 is 9.53 Å². The molecule has 0 aromatic carbocycles. The topological polar surface area (TPSA) is 74.5 Å². The molecule has 0 aromatic rings. The van der Waals surface area contributed by atoms with Crippen LogP contribution >= 0.6 is 0 Å². The fourth-order valence-corrected chi connectivity index (χ4v) is 0.860. The second-order valence-electron chi connectivity index (χ2n) is 2.34. The Bertz CT molecular complexity index is 361. The average molecular weight is 191 g/mol. The number of esters is 1. The maximum atomic E-state index is 11.2. The van der Waals surface area contributed by atoms with E-state index in [4.69, 9.17) is 10.00 Å². The Morgan fingerprint density at radius 2 is 2.57 bits per heavy atom. The van der Waals surface area contributed by atoms with E-state index >= 15 is 0 Å². The smallest absolute Gasteiger partial charge is 0.352 e. The Morgan fingerprint density at radius 1 is 1.79 bits per heavy atom. The fourth-order valence-electron chi connectivity index (χ4n) is 0.860. The van der Waals surface area contributed by atoms with Crippen LogP contribution in [0.2, 0.25) is 0 Å². The van der Waals surface area contributed by atoms with Gasteiger partial charge in [-0.3, -0.25) is 0 Å². The lowest BCUT2D eigenvalue weighted by Crippen LogP contribution is -2.16. The van der Waals surface area contributed by atoms with E-state index in [-0.39, 0.29) is 18.0 Å². The summed E-state index contributed by atoms with van der Waals surface area (Å²) in [5.74, 6) is -0.446. The Balaban J connectivity index is 2.91. The first kappa shape index (κ1) is 9.99. The Hall–Kier alpha value is -2.09. The van der Waals surface area contributed by atoms with Gasteiger partial charge >= 0.3 is 5.97 Å².